The third-order valence-electron chi connectivity index (χ3n) is 4.50. The van der Waals surface area contributed by atoms with Crippen molar-refractivity contribution in [1.29, 1.82) is 0 Å². The molecule has 0 aliphatic carbocycles. The van der Waals surface area contributed by atoms with Crippen LogP contribution >= 0.6 is 11.6 Å². The molecule has 4 heteroatoms. The first-order valence-corrected chi connectivity index (χ1v) is 8.39. The Labute approximate surface area is 142 Å². The fourth-order valence-electron chi connectivity index (χ4n) is 3.10. The maximum absolute atomic E-state index is 12.5. The van der Waals surface area contributed by atoms with Crippen LogP contribution in [-0.2, 0) is 6.42 Å². The highest BCUT2D eigenvalue weighted by atomic mass is 35.5. The van der Waals surface area contributed by atoms with Crippen LogP contribution in [0.4, 0.5) is 5.69 Å². The molecule has 1 fully saturated rings. The lowest BCUT2D eigenvalue weighted by molar-refractivity contribution is 0.0690. The number of anilines is 1. The van der Waals surface area contributed by atoms with E-state index in [2.05, 4.69) is 12.1 Å². The average Bonchev–Trinajstić information content (AvgIpc) is 2.58. The van der Waals surface area contributed by atoms with Gasteiger partial charge < -0.3 is 10.6 Å². The Morgan fingerprint density at radius 3 is 2.26 bits per heavy atom. The summed E-state index contributed by atoms with van der Waals surface area (Å²) in [4.78, 5) is 14.4. The van der Waals surface area contributed by atoms with E-state index in [0.717, 1.165) is 38.0 Å². The maximum atomic E-state index is 12.5. The summed E-state index contributed by atoms with van der Waals surface area (Å²) in [6.45, 7) is 1.64. The number of halogens is 1. The molecule has 0 spiro atoms. The molecule has 1 saturated heterocycles. The van der Waals surface area contributed by atoms with Gasteiger partial charge in [-0.3, -0.25) is 4.79 Å². The lowest BCUT2D eigenvalue weighted by Gasteiger charge is -2.32. The molecular formula is C19H21ClN2O. The molecule has 1 amide bonds. The molecule has 2 N–H and O–H groups in total. The molecule has 1 heterocycles. The van der Waals surface area contributed by atoms with Gasteiger partial charge in [0.2, 0.25) is 0 Å². The van der Waals surface area contributed by atoms with Crippen LogP contribution in [0.25, 0.3) is 0 Å². The number of piperidine rings is 1. The number of nitrogens with zero attached hydrogens (tertiary/aromatic N) is 1. The van der Waals surface area contributed by atoms with Gasteiger partial charge in [-0.15, -0.1) is 0 Å². The van der Waals surface area contributed by atoms with Gasteiger partial charge in [-0.25, -0.2) is 0 Å². The molecule has 3 rings (SSSR count). The van der Waals surface area contributed by atoms with Crippen LogP contribution in [0.3, 0.4) is 0 Å². The Morgan fingerprint density at radius 2 is 1.65 bits per heavy atom. The second-order valence-electron chi connectivity index (χ2n) is 6.19. The molecule has 120 valence electrons. The van der Waals surface area contributed by atoms with Crippen LogP contribution in [0.15, 0.2) is 48.5 Å². The largest absolute Gasteiger partial charge is 0.399 e. The van der Waals surface area contributed by atoms with Crippen molar-refractivity contribution < 1.29 is 4.79 Å². The third-order valence-corrected chi connectivity index (χ3v) is 4.75. The normalized spacial score (nSPS) is 15.6. The highest BCUT2D eigenvalue weighted by Gasteiger charge is 2.23. The van der Waals surface area contributed by atoms with Gasteiger partial charge in [0.15, 0.2) is 0 Å². The van der Waals surface area contributed by atoms with E-state index >= 15 is 0 Å². The van der Waals surface area contributed by atoms with Crippen molar-refractivity contribution in [2.24, 2.45) is 5.92 Å². The summed E-state index contributed by atoms with van der Waals surface area (Å²) < 4.78 is 0. The first-order chi connectivity index (χ1) is 11.1. The minimum Gasteiger partial charge on any atom is -0.399 e. The number of nitrogen functional groups attached to an aromatic ring is 1. The summed E-state index contributed by atoms with van der Waals surface area (Å²) in [5, 5.41) is 0.656. The number of carbonyl (C=O) groups is 1. The minimum atomic E-state index is 0.104. The molecule has 3 nitrogen and oxygen atoms in total. The lowest BCUT2D eigenvalue weighted by Crippen LogP contribution is -2.38. The molecular weight excluding hydrogens is 308 g/mol. The van der Waals surface area contributed by atoms with Gasteiger partial charge in [0, 0.05) is 29.4 Å². The van der Waals surface area contributed by atoms with Crippen molar-refractivity contribution in [2.75, 3.05) is 18.8 Å². The van der Waals surface area contributed by atoms with Crippen LogP contribution in [-0.4, -0.2) is 23.9 Å². The standard InChI is InChI=1S/C19H21ClN2O/c20-17-5-3-16(4-6-17)19(23)22-11-9-15(10-12-22)13-14-1-7-18(21)8-2-14/h1-8,15H,9-13,21H2. The number of likely N-dealkylation sites (tertiary alicyclic amines) is 1. The van der Waals surface area contributed by atoms with E-state index < -0.39 is 0 Å². The smallest absolute Gasteiger partial charge is 0.253 e. The number of hydrogen-bond acceptors (Lipinski definition) is 2. The molecule has 0 radical (unpaired) electrons. The molecule has 0 atom stereocenters. The van der Waals surface area contributed by atoms with E-state index in [0.29, 0.717) is 16.5 Å². The van der Waals surface area contributed by atoms with Crippen molar-refractivity contribution in [1.82, 2.24) is 4.90 Å². The lowest BCUT2D eigenvalue weighted by atomic mass is 9.90. The number of carbonyl (C=O) groups excluding carboxylic acids is 1. The van der Waals surface area contributed by atoms with Crippen molar-refractivity contribution in [3.05, 3.63) is 64.7 Å². The molecule has 2 aromatic carbocycles. The number of rotatable bonds is 3. The molecule has 0 bridgehead atoms. The van der Waals surface area contributed by atoms with Gasteiger partial charge in [-0.05, 0) is 67.1 Å². The second-order valence-corrected chi connectivity index (χ2v) is 6.62. The van der Waals surface area contributed by atoms with Crippen LogP contribution in [0.5, 0.6) is 0 Å². The van der Waals surface area contributed by atoms with Gasteiger partial charge in [-0.2, -0.15) is 0 Å². The Hall–Kier alpha value is -2.00. The SMILES string of the molecule is Nc1ccc(CC2CCN(C(=O)c3ccc(Cl)cc3)CC2)cc1. The molecule has 1 aliphatic rings. The van der Waals surface area contributed by atoms with Gasteiger partial charge in [0.1, 0.15) is 0 Å². The van der Waals surface area contributed by atoms with E-state index in [4.69, 9.17) is 17.3 Å². The molecule has 0 saturated carbocycles. The zero-order valence-corrected chi connectivity index (χ0v) is 13.8. The van der Waals surface area contributed by atoms with E-state index in [-0.39, 0.29) is 5.91 Å². The zero-order chi connectivity index (χ0) is 16.2. The molecule has 2 aromatic rings. The van der Waals surface area contributed by atoms with E-state index in [1.165, 1.54) is 5.56 Å². The van der Waals surface area contributed by atoms with Gasteiger partial charge in [0.25, 0.3) is 5.91 Å². The maximum Gasteiger partial charge on any atom is 0.253 e. The van der Waals surface area contributed by atoms with Gasteiger partial charge in [0.05, 0.1) is 0 Å². The summed E-state index contributed by atoms with van der Waals surface area (Å²) in [5.74, 6) is 0.737. The number of hydrogen-bond donors (Lipinski definition) is 1. The van der Waals surface area contributed by atoms with Crippen LogP contribution < -0.4 is 5.73 Å². The first kappa shape index (κ1) is 15.9. The number of benzene rings is 2. The Balaban J connectivity index is 1.54. The summed E-state index contributed by atoms with van der Waals surface area (Å²) >= 11 is 5.88. The van der Waals surface area contributed by atoms with Crippen molar-refractivity contribution in [3.63, 3.8) is 0 Å². The quantitative estimate of drug-likeness (QED) is 0.865. The molecule has 0 unspecified atom stereocenters. The highest BCUT2D eigenvalue weighted by molar-refractivity contribution is 6.30. The summed E-state index contributed by atoms with van der Waals surface area (Å²) in [6, 6.07) is 15.2. The molecule has 0 aromatic heterocycles. The number of amides is 1. The molecule has 1 aliphatic heterocycles. The predicted octanol–water partition coefficient (Wildman–Crippen LogP) is 4.02. The van der Waals surface area contributed by atoms with Crippen LogP contribution in [0.2, 0.25) is 5.02 Å². The van der Waals surface area contributed by atoms with Gasteiger partial charge >= 0.3 is 0 Å². The topological polar surface area (TPSA) is 46.3 Å². The first-order valence-electron chi connectivity index (χ1n) is 8.01. The Kier molecular flexibility index (Phi) is 4.87. The van der Waals surface area contributed by atoms with Crippen molar-refractivity contribution in [3.8, 4) is 0 Å². The highest BCUT2D eigenvalue weighted by Crippen LogP contribution is 2.23. The predicted molar refractivity (Wildman–Crippen MR) is 94.6 cm³/mol. The van der Waals surface area contributed by atoms with E-state index in [9.17, 15) is 4.79 Å². The van der Waals surface area contributed by atoms with Crippen LogP contribution in [0, 0.1) is 5.92 Å². The fourth-order valence-corrected chi connectivity index (χ4v) is 3.23. The minimum absolute atomic E-state index is 0.104. The average molecular weight is 329 g/mol. The van der Waals surface area contributed by atoms with Crippen molar-refractivity contribution >= 4 is 23.2 Å². The summed E-state index contributed by atoms with van der Waals surface area (Å²) in [5.41, 5.74) is 8.56. The van der Waals surface area contributed by atoms with E-state index in [1.54, 1.807) is 24.3 Å². The summed E-state index contributed by atoms with van der Waals surface area (Å²) in [6.07, 6.45) is 3.15. The van der Waals surface area contributed by atoms with E-state index in [1.807, 2.05) is 17.0 Å². The number of nitrogens with two attached hydrogens (primary N) is 1. The zero-order valence-electron chi connectivity index (χ0n) is 13.0. The Bertz CT molecular complexity index is 659. The third kappa shape index (κ3) is 4.05. The fraction of sp³-hybridized carbons (Fsp3) is 0.316. The monoisotopic (exact) mass is 328 g/mol. The second kappa shape index (κ2) is 7.05. The van der Waals surface area contributed by atoms with Crippen molar-refractivity contribution in [2.45, 2.75) is 19.3 Å². The summed E-state index contributed by atoms with van der Waals surface area (Å²) in [7, 11) is 0. The Morgan fingerprint density at radius 1 is 1.04 bits per heavy atom. The van der Waals surface area contributed by atoms with Gasteiger partial charge in [-0.1, -0.05) is 23.7 Å². The molecule has 23 heavy (non-hydrogen) atoms. The van der Waals surface area contributed by atoms with Crippen LogP contribution in [0.1, 0.15) is 28.8 Å².